The van der Waals surface area contributed by atoms with Gasteiger partial charge in [0, 0.05) is 0 Å². The second-order valence-corrected chi connectivity index (χ2v) is 7.34. The largest absolute Gasteiger partial charge is 1.00 e. The van der Waals surface area contributed by atoms with Crippen molar-refractivity contribution in [1.29, 1.82) is 0 Å². The van der Waals surface area contributed by atoms with Gasteiger partial charge in [-0.25, -0.2) is 8.42 Å². The molecule has 0 spiro atoms. The Morgan fingerprint density at radius 3 is 1.79 bits per heavy atom. The monoisotopic (exact) mass is 374 g/mol. The van der Waals surface area contributed by atoms with Crippen LogP contribution in [0.1, 0.15) is 76.7 Å². The molecule has 0 amide bonds. The molecule has 0 unspecified atom stereocenters. The molecule has 0 radical (unpaired) electrons. The number of unbranched alkanes of at least 4 members (excludes halogenated alkanes) is 9. The summed E-state index contributed by atoms with van der Waals surface area (Å²) in [7, 11) is -4.35. The predicted octanol–water partition coefficient (Wildman–Crippen LogP) is 1.14. The van der Waals surface area contributed by atoms with Crippen LogP contribution in [0.5, 0.6) is 0 Å². The Morgan fingerprint density at radius 1 is 0.833 bits per heavy atom. The zero-order chi connectivity index (χ0) is 16.3. The molecule has 1 rings (SSSR count). The summed E-state index contributed by atoms with van der Waals surface area (Å²) in [5, 5.41) is 0. The van der Waals surface area contributed by atoms with E-state index in [0.29, 0.717) is 12.0 Å². The van der Waals surface area contributed by atoms with Crippen molar-refractivity contribution >= 4 is 33.2 Å². The minimum atomic E-state index is -4.35. The summed E-state index contributed by atoms with van der Waals surface area (Å²) in [6.45, 7) is 2.23. The molecule has 0 aromatic heterocycles. The molecule has 0 heterocycles. The second-order valence-electron chi connectivity index (χ2n) is 5.99. The summed E-state index contributed by atoms with van der Waals surface area (Å²) in [6.07, 6.45) is 13.2. The van der Waals surface area contributed by atoms with Crippen LogP contribution in [-0.4, -0.2) is 36.0 Å². The molecule has 0 bridgehead atoms. The average Bonchev–Trinajstić information content (AvgIpc) is 2.48. The quantitative estimate of drug-likeness (QED) is 0.313. The number of hydrogen-bond donors (Lipinski definition) is 0. The van der Waals surface area contributed by atoms with Gasteiger partial charge >= 0.3 is 52.6 Å². The molecule has 0 saturated heterocycles. The fourth-order valence-electron chi connectivity index (χ4n) is 2.76. The van der Waals surface area contributed by atoms with Crippen molar-refractivity contribution in [3.63, 3.8) is 0 Å². The van der Waals surface area contributed by atoms with Crippen LogP contribution >= 0.6 is 0 Å². The van der Waals surface area contributed by atoms with Gasteiger partial charge < -0.3 is 4.55 Å². The first kappa shape index (κ1) is 27.1. The molecule has 0 aliphatic rings. The Labute approximate surface area is 186 Å². The van der Waals surface area contributed by atoms with Crippen LogP contribution in [0.2, 0.25) is 0 Å². The fraction of sp³-hybridized carbons (Fsp3) is 0.667. The van der Waals surface area contributed by atoms with Gasteiger partial charge in [-0.3, -0.25) is 0 Å². The SMILES string of the molecule is CCCCCCCCCCCCc1ccccc1S(=O)(=O)[O-].[MgH2].[Na+]. The van der Waals surface area contributed by atoms with E-state index < -0.39 is 10.1 Å². The molecular weight excluding hydrogens is 344 g/mol. The number of rotatable bonds is 12. The molecule has 3 nitrogen and oxygen atoms in total. The molecule has 1 aromatic rings. The van der Waals surface area contributed by atoms with Crippen LogP contribution in [0.4, 0.5) is 0 Å². The minimum absolute atomic E-state index is 0. The number of aryl methyl sites for hydroxylation is 1. The summed E-state index contributed by atoms with van der Waals surface area (Å²) in [4.78, 5) is -0.0501. The molecular formula is C18H31MgNaO3S. The van der Waals surface area contributed by atoms with E-state index in [1.54, 1.807) is 18.2 Å². The molecule has 0 atom stereocenters. The van der Waals surface area contributed by atoms with Gasteiger partial charge in [-0.1, -0.05) is 82.9 Å². The van der Waals surface area contributed by atoms with Crippen LogP contribution in [0.3, 0.4) is 0 Å². The summed E-state index contributed by atoms with van der Waals surface area (Å²) in [5.74, 6) is 0. The smallest absolute Gasteiger partial charge is 0.744 e. The number of hydrogen-bond acceptors (Lipinski definition) is 3. The molecule has 0 saturated carbocycles. The van der Waals surface area contributed by atoms with E-state index in [9.17, 15) is 13.0 Å². The Morgan fingerprint density at radius 2 is 1.29 bits per heavy atom. The van der Waals surface area contributed by atoms with Gasteiger partial charge in [0.2, 0.25) is 0 Å². The second kappa shape index (κ2) is 16.1. The average molecular weight is 375 g/mol. The van der Waals surface area contributed by atoms with Crippen LogP contribution in [0, 0.1) is 0 Å². The maximum absolute atomic E-state index is 11.2. The van der Waals surface area contributed by atoms with E-state index >= 15 is 0 Å². The summed E-state index contributed by atoms with van der Waals surface area (Å²) < 4.78 is 33.5. The van der Waals surface area contributed by atoms with E-state index in [4.69, 9.17) is 0 Å². The van der Waals surface area contributed by atoms with Gasteiger partial charge in [0.05, 0.1) is 4.90 Å². The fourth-order valence-corrected chi connectivity index (χ4v) is 3.49. The molecule has 0 aliphatic carbocycles. The van der Waals surface area contributed by atoms with Gasteiger partial charge in [0.1, 0.15) is 10.1 Å². The van der Waals surface area contributed by atoms with E-state index in [-0.39, 0.29) is 57.5 Å². The topological polar surface area (TPSA) is 57.2 Å². The maximum atomic E-state index is 11.2. The molecule has 24 heavy (non-hydrogen) atoms. The van der Waals surface area contributed by atoms with Gasteiger partial charge in [-0.05, 0) is 24.5 Å². The third-order valence-corrected chi connectivity index (χ3v) is 4.98. The van der Waals surface area contributed by atoms with Crippen LogP contribution in [0.25, 0.3) is 0 Å². The zero-order valence-corrected chi connectivity index (χ0v) is 17.5. The van der Waals surface area contributed by atoms with E-state index in [1.807, 2.05) is 0 Å². The minimum Gasteiger partial charge on any atom is -0.744 e. The van der Waals surface area contributed by atoms with Gasteiger partial charge in [0.25, 0.3) is 0 Å². The Bertz CT molecular complexity index is 521. The number of benzene rings is 1. The first-order valence-corrected chi connectivity index (χ1v) is 10.0. The van der Waals surface area contributed by atoms with E-state index in [0.717, 1.165) is 12.8 Å². The van der Waals surface area contributed by atoms with Crippen molar-refractivity contribution in [2.45, 2.75) is 82.4 Å². The van der Waals surface area contributed by atoms with Gasteiger partial charge in [-0.15, -0.1) is 0 Å². The summed E-state index contributed by atoms with van der Waals surface area (Å²) in [5.41, 5.74) is 0.664. The maximum Gasteiger partial charge on any atom is 1.00 e. The predicted molar refractivity (Wildman–Crippen MR) is 98.5 cm³/mol. The van der Waals surface area contributed by atoms with Crippen molar-refractivity contribution < 1.29 is 42.5 Å². The van der Waals surface area contributed by atoms with Crippen molar-refractivity contribution in [2.24, 2.45) is 0 Å². The molecule has 6 heteroatoms. The summed E-state index contributed by atoms with van der Waals surface area (Å²) >= 11 is 0. The van der Waals surface area contributed by atoms with Crippen molar-refractivity contribution in [2.75, 3.05) is 0 Å². The van der Waals surface area contributed by atoms with Crippen molar-refractivity contribution in [3.05, 3.63) is 29.8 Å². The van der Waals surface area contributed by atoms with Crippen LogP contribution < -0.4 is 29.6 Å². The van der Waals surface area contributed by atoms with Crippen LogP contribution in [0.15, 0.2) is 29.2 Å². The first-order chi connectivity index (χ1) is 10.6. The molecule has 0 fully saturated rings. The molecule has 0 aliphatic heterocycles. The van der Waals surface area contributed by atoms with Crippen molar-refractivity contribution in [1.82, 2.24) is 0 Å². The van der Waals surface area contributed by atoms with Crippen molar-refractivity contribution in [3.8, 4) is 0 Å². The summed E-state index contributed by atoms with van der Waals surface area (Å²) in [6, 6.07) is 6.56. The first-order valence-electron chi connectivity index (χ1n) is 8.59. The zero-order valence-electron chi connectivity index (χ0n) is 14.7. The Kier molecular flexibility index (Phi) is 18.2. The van der Waals surface area contributed by atoms with E-state index in [1.165, 1.54) is 57.4 Å². The van der Waals surface area contributed by atoms with Crippen LogP contribution in [-0.2, 0) is 16.5 Å². The van der Waals surface area contributed by atoms with Gasteiger partial charge in [0.15, 0.2) is 0 Å². The third kappa shape index (κ3) is 12.3. The third-order valence-electron chi connectivity index (χ3n) is 4.04. The van der Waals surface area contributed by atoms with E-state index in [2.05, 4.69) is 6.92 Å². The normalized spacial score (nSPS) is 10.8. The Hall–Kier alpha value is 0.896. The standard InChI is InChI=1S/C18H30O3S.Mg.Na.2H/c1-2-3-4-5-6-7-8-9-10-11-14-17-15-12-13-16-18(17)22(19,20)21;;;;/h12-13,15-16H,2-11,14H2,1H3,(H,19,20,21);;;;/q;;+1;;/p-1. The molecule has 130 valence electrons. The molecule has 1 aromatic carbocycles. The van der Waals surface area contributed by atoms with Gasteiger partial charge in [-0.2, -0.15) is 0 Å². The Balaban J connectivity index is 0. The molecule has 0 N–H and O–H groups in total.